The number of unbranched alkanes of at least 4 members (excludes halogenated alkanes) is 4. The van der Waals surface area contributed by atoms with Gasteiger partial charge in [-0.2, -0.15) is 0 Å². The van der Waals surface area contributed by atoms with Gasteiger partial charge in [0, 0.05) is 0 Å². The van der Waals surface area contributed by atoms with E-state index in [1.54, 1.807) is 18.2 Å². The smallest absolute Gasteiger partial charge is 0.338 e. The van der Waals surface area contributed by atoms with Crippen molar-refractivity contribution in [2.45, 2.75) is 77.0 Å². The Morgan fingerprint density at radius 2 is 1.60 bits per heavy atom. The minimum Gasteiger partial charge on any atom is -0.478 e. The molecule has 0 unspecified atom stereocenters. The summed E-state index contributed by atoms with van der Waals surface area (Å²) in [4.78, 5) is 11.5. The van der Waals surface area contributed by atoms with E-state index in [9.17, 15) is 14.3 Å². The minimum absolute atomic E-state index is 0.000643. The third kappa shape index (κ3) is 5.47. The highest BCUT2D eigenvalue weighted by Crippen LogP contribution is 2.43. The molecule has 0 saturated heterocycles. The third-order valence-electron chi connectivity index (χ3n) is 6.54. The van der Waals surface area contributed by atoms with Crippen molar-refractivity contribution in [1.82, 2.24) is 0 Å². The van der Waals surface area contributed by atoms with Crippen molar-refractivity contribution in [3.05, 3.63) is 59.2 Å². The molecule has 0 aromatic heterocycles. The molecule has 162 valence electrons. The highest BCUT2D eigenvalue weighted by molar-refractivity contribution is 5.89. The first kappa shape index (κ1) is 22.5. The van der Waals surface area contributed by atoms with Crippen LogP contribution in [0.25, 0.3) is 11.1 Å². The van der Waals surface area contributed by atoms with Crippen LogP contribution >= 0.6 is 0 Å². The van der Waals surface area contributed by atoms with Crippen molar-refractivity contribution in [3.63, 3.8) is 0 Å². The summed E-state index contributed by atoms with van der Waals surface area (Å²) in [7, 11) is 0. The molecule has 1 N–H and O–H groups in total. The van der Waals surface area contributed by atoms with Gasteiger partial charge in [-0.25, -0.2) is 13.6 Å². The lowest BCUT2D eigenvalue weighted by molar-refractivity contribution is 0.0691. The maximum atomic E-state index is 15.3. The van der Waals surface area contributed by atoms with E-state index < -0.39 is 11.8 Å². The van der Waals surface area contributed by atoms with E-state index >= 15 is 4.39 Å². The van der Waals surface area contributed by atoms with Crippen LogP contribution in [0.4, 0.5) is 8.78 Å². The molecule has 2 aromatic carbocycles. The zero-order valence-corrected chi connectivity index (χ0v) is 17.8. The Balaban J connectivity index is 1.76. The molecule has 2 aromatic rings. The zero-order chi connectivity index (χ0) is 21.5. The van der Waals surface area contributed by atoms with E-state index in [4.69, 9.17) is 0 Å². The van der Waals surface area contributed by atoms with Gasteiger partial charge in [0.1, 0.15) is 11.6 Å². The average Bonchev–Trinajstić information content (AvgIpc) is 2.74. The van der Waals surface area contributed by atoms with Gasteiger partial charge in [0.2, 0.25) is 0 Å². The summed E-state index contributed by atoms with van der Waals surface area (Å²) in [5.41, 5.74) is 1.61. The third-order valence-corrected chi connectivity index (χ3v) is 6.54. The predicted octanol–water partition coefficient (Wildman–Crippen LogP) is 7.96. The van der Waals surface area contributed by atoms with Gasteiger partial charge in [-0.1, -0.05) is 63.6 Å². The van der Waals surface area contributed by atoms with Crippen LogP contribution < -0.4 is 0 Å². The number of rotatable bonds is 9. The Kier molecular flexibility index (Phi) is 8.01. The molecule has 1 fully saturated rings. The minimum atomic E-state index is -1.25. The maximum Gasteiger partial charge on any atom is 0.338 e. The molecule has 30 heavy (non-hydrogen) atoms. The summed E-state index contributed by atoms with van der Waals surface area (Å²) in [6.07, 6.45) is 11.5. The van der Waals surface area contributed by atoms with Crippen LogP contribution in [-0.2, 0) is 0 Å². The summed E-state index contributed by atoms with van der Waals surface area (Å²) in [5.74, 6) is -1.54. The fourth-order valence-electron chi connectivity index (χ4n) is 4.81. The molecule has 2 nitrogen and oxygen atoms in total. The Morgan fingerprint density at radius 1 is 0.933 bits per heavy atom. The van der Waals surface area contributed by atoms with Crippen LogP contribution in [0.1, 0.15) is 93.0 Å². The van der Waals surface area contributed by atoms with Gasteiger partial charge in [0.05, 0.1) is 5.56 Å². The van der Waals surface area contributed by atoms with E-state index in [0.29, 0.717) is 17.0 Å². The Hall–Kier alpha value is -2.23. The normalized spacial score (nSPS) is 19.0. The highest BCUT2D eigenvalue weighted by atomic mass is 19.1. The number of carboxylic acids is 1. The summed E-state index contributed by atoms with van der Waals surface area (Å²) >= 11 is 0. The van der Waals surface area contributed by atoms with Gasteiger partial charge < -0.3 is 5.11 Å². The number of aromatic carboxylic acids is 1. The average molecular weight is 415 g/mol. The lowest BCUT2D eigenvalue weighted by atomic mass is 9.74. The first-order valence-electron chi connectivity index (χ1n) is 11.3. The molecule has 1 aliphatic carbocycles. The Labute approximate surface area is 178 Å². The summed E-state index contributed by atoms with van der Waals surface area (Å²) < 4.78 is 28.7. The first-order valence-corrected chi connectivity index (χ1v) is 11.3. The summed E-state index contributed by atoms with van der Waals surface area (Å²) in [6, 6.07) is 8.98. The lowest BCUT2D eigenvalue weighted by Crippen LogP contribution is -2.16. The maximum absolute atomic E-state index is 15.3. The SMILES string of the molecule is CCCCCCCC1CCC(c2c(-c3ccc(F)cc3)ccc(C(=O)O)c2F)CC1. The fraction of sp³-hybridized carbons (Fsp3) is 0.500. The first-order chi connectivity index (χ1) is 14.5. The molecule has 3 rings (SSSR count). The van der Waals surface area contributed by atoms with Crippen molar-refractivity contribution >= 4 is 5.97 Å². The second-order valence-electron chi connectivity index (χ2n) is 8.62. The molecular formula is C26H32F2O2. The van der Waals surface area contributed by atoms with Gasteiger partial charge in [-0.05, 0) is 72.4 Å². The van der Waals surface area contributed by atoms with Crippen LogP contribution in [0.15, 0.2) is 36.4 Å². The number of benzene rings is 2. The molecule has 0 amide bonds. The van der Waals surface area contributed by atoms with Crippen molar-refractivity contribution in [1.29, 1.82) is 0 Å². The molecule has 1 saturated carbocycles. The van der Waals surface area contributed by atoms with Crippen LogP contribution in [0.2, 0.25) is 0 Å². The van der Waals surface area contributed by atoms with Crippen molar-refractivity contribution in [3.8, 4) is 11.1 Å². The number of hydrogen-bond acceptors (Lipinski definition) is 1. The standard InChI is InChI=1S/C26H32F2O2/c1-2-3-4-5-6-7-18-8-10-20(11-9-18)24-22(19-12-14-21(27)15-13-19)16-17-23(25(24)28)26(29)30/h12-18,20H,2-11H2,1H3,(H,29,30). The molecule has 0 aliphatic heterocycles. The molecule has 0 heterocycles. The number of hydrogen-bond donors (Lipinski definition) is 1. The zero-order valence-electron chi connectivity index (χ0n) is 17.8. The van der Waals surface area contributed by atoms with Crippen LogP contribution in [0.3, 0.4) is 0 Å². The van der Waals surface area contributed by atoms with E-state index in [1.807, 2.05) is 0 Å². The van der Waals surface area contributed by atoms with Crippen LogP contribution in [0, 0.1) is 17.6 Å². The van der Waals surface area contributed by atoms with Gasteiger partial charge >= 0.3 is 5.97 Å². The molecular weight excluding hydrogens is 382 g/mol. The lowest BCUT2D eigenvalue weighted by Gasteiger charge is -2.30. The molecule has 0 atom stereocenters. The molecule has 0 bridgehead atoms. The number of halogens is 2. The van der Waals surface area contributed by atoms with Gasteiger partial charge in [-0.15, -0.1) is 0 Å². The highest BCUT2D eigenvalue weighted by Gasteiger charge is 2.29. The van der Waals surface area contributed by atoms with Crippen LogP contribution in [-0.4, -0.2) is 11.1 Å². The largest absolute Gasteiger partial charge is 0.478 e. The van der Waals surface area contributed by atoms with Gasteiger partial charge in [0.15, 0.2) is 0 Å². The molecule has 0 radical (unpaired) electrons. The number of carboxylic acid groups (broad SMARTS) is 1. The Bertz CT molecular complexity index is 837. The molecule has 4 heteroatoms. The van der Waals surface area contributed by atoms with E-state index in [2.05, 4.69) is 6.92 Å². The van der Waals surface area contributed by atoms with E-state index in [1.165, 1.54) is 56.7 Å². The molecule has 0 spiro atoms. The Morgan fingerprint density at radius 3 is 2.23 bits per heavy atom. The van der Waals surface area contributed by atoms with Gasteiger partial charge in [0.25, 0.3) is 0 Å². The van der Waals surface area contributed by atoms with Gasteiger partial charge in [-0.3, -0.25) is 0 Å². The number of carbonyl (C=O) groups is 1. The van der Waals surface area contributed by atoms with E-state index in [-0.39, 0.29) is 17.3 Å². The summed E-state index contributed by atoms with van der Waals surface area (Å²) in [6.45, 7) is 2.22. The van der Waals surface area contributed by atoms with Crippen molar-refractivity contribution < 1.29 is 18.7 Å². The summed E-state index contributed by atoms with van der Waals surface area (Å²) in [5, 5.41) is 9.40. The predicted molar refractivity (Wildman–Crippen MR) is 117 cm³/mol. The van der Waals surface area contributed by atoms with Crippen molar-refractivity contribution in [2.75, 3.05) is 0 Å². The van der Waals surface area contributed by atoms with E-state index in [0.717, 1.165) is 31.2 Å². The second-order valence-corrected chi connectivity index (χ2v) is 8.62. The van der Waals surface area contributed by atoms with Crippen LogP contribution in [0.5, 0.6) is 0 Å². The second kappa shape index (κ2) is 10.7. The quantitative estimate of drug-likeness (QED) is 0.423. The van der Waals surface area contributed by atoms with Crippen molar-refractivity contribution in [2.24, 2.45) is 5.92 Å². The fourth-order valence-corrected chi connectivity index (χ4v) is 4.81. The topological polar surface area (TPSA) is 37.3 Å². The molecule has 1 aliphatic rings. The monoisotopic (exact) mass is 414 g/mol.